The van der Waals surface area contributed by atoms with Gasteiger partial charge in [-0.25, -0.2) is 24.2 Å². The first-order chi connectivity index (χ1) is 8.99. The molecule has 2 aliphatic rings. The number of amides is 4. The van der Waals surface area contributed by atoms with E-state index in [9.17, 15) is 19.2 Å². The Labute approximate surface area is 115 Å². The van der Waals surface area contributed by atoms with E-state index in [1.165, 1.54) is 13.8 Å². The third-order valence-corrected chi connectivity index (χ3v) is 3.54. The zero-order chi connectivity index (χ0) is 15.5. The topological polar surface area (TPSA) is 104 Å². The summed E-state index contributed by atoms with van der Waals surface area (Å²) in [6, 6.07) is -2.08. The molecule has 8 heteroatoms. The Balaban J connectivity index is 2.40. The predicted octanol–water partition coefficient (Wildman–Crippen LogP) is 0.801. The molecular formula is C12H16N2O6. The van der Waals surface area contributed by atoms with Gasteiger partial charge in [-0.05, 0) is 27.7 Å². The fourth-order valence-corrected chi connectivity index (χ4v) is 2.55. The van der Waals surface area contributed by atoms with Crippen LogP contribution < -0.4 is 0 Å². The molecule has 4 amide bonds. The summed E-state index contributed by atoms with van der Waals surface area (Å²) in [4.78, 5) is 48.6. The number of carbonyl (C=O) groups is 4. The van der Waals surface area contributed by atoms with Gasteiger partial charge in [0.2, 0.25) is 0 Å². The molecule has 8 nitrogen and oxygen atoms in total. The van der Waals surface area contributed by atoms with Crippen molar-refractivity contribution in [2.45, 2.75) is 51.3 Å². The summed E-state index contributed by atoms with van der Waals surface area (Å²) in [5.74, 6) is -1.41. The van der Waals surface area contributed by atoms with E-state index in [0.29, 0.717) is 9.80 Å². The van der Waals surface area contributed by atoms with Gasteiger partial charge in [0.05, 0.1) is 0 Å². The maximum absolute atomic E-state index is 12.3. The number of imide groups is 2. The van der Waals surface area contributed by atoms with Crippen molar-refractivity contribution in [3.63, 3.8) is 0 Å². The van der Waals surface area contributed by atoms with Crippen LogP contribution in [-0.2, 0) is 14.3 Å². The van der Waals surface area contributed by atoms with Crippen molar-refractivity contribution in [2.75, 3.05) is 0 Å². The zero-order valence-corrected chi connectivity index (χ0v) is 11.7. The number of rotatable bonds is 1. The van der Waals surface area contributed by atoms with Crippen molar-refractivity contribution in [1.82, 2.24) is 9.80 Å². The van der Waals surface area contributed by atoms with Gasteiger partial charge in [-0.3, -0.25) is 4.79 Å². The fourth-order valence-electron chi connectivity index (χ4n) is 2.55. The van der Waals surface area contributed by atoms with Crippen LogP contribution in [0, 0.1) is 0 Å². The van der Waals surface area contributed by atoms with Gasteiger partial charge in [-0.2, -0.15) is 0 Å². The highest BCUT2D eigenvalue weighted by molar-refractivity contribution is 6.14. The van der Waals surface area contributed by atoms with Gasteiger partial charge in [-0.1, -0.05) is 0 Å². The number of ether oxygens (including phenoxy) is 1. The Morgan fingerprint density at radius 2 is 1.80 bits per heavy atom. The Bertz CT molecular complexity index is 524. The van der Waals surface area contributed by atoms with Crippen LogP contribution in [0.4, 0.5) is 9.59 Å². The number of esters is 1. The van der Waals surface area contributed by atoms with Gasteiger partial charge < -0.3 is 9.84 Å². The van der Waals surface area contributed by atoms with Crippen LogP contribution >= 0.6 is 0 Å². The molecule has 0 aliphatic carbocycles. The van der Waals surface area contributed by atoms with Crippen molar-refractivity contribution in [3.05, 3.63) is 0 Å². The summed E-state index contributed by atoms with van der Waals surface area (Å²) < 4.78 is 5.08. The first-order valence-corrected chi connectivity index (χ1v) is 6.13. The molecule has 0 radical (unpaired) electrons. The summed E-state index contributed by atoms with van der Waals surface area (Å²) in [7, 11) is 0. The van der Waals surface area contributed by atoms with E-state index in [0.717, 1.165) is 0 Å². The summed E-state index contributed by atoms with van der Waals surface area (Å²) in [5, 5.41) is 9.08. The molecule has 110 valence electrons. The first kappa shape index (κ1) is 14.3. The van der Waals surface area contributed by atoms with Crippen LogP contribution in [0.2, 0.25) is 0 Å². The van der Waals surface area contributed by atoms with Crippen molar-refractivity contribution in [3.8, 4) is 0 Å². The third kappa shape index (κ3) is 1.83. The molecule has 2 saturated heterocycles. The van der Waals surface area contributed by atoms with Gasteiger partial charge >= 0.3 is 18.1 Å². The van der Waals surface area contributed by atoms with Crippen LogP contribution in [0.1, 0.15) is 34.1 Å². The molecule has 0 spiro atoms. The van der Waals surface area contributed by atoms with E-state index in [1.807, 2.05) is 0 Å². The monoisotopic (exact) mass is 284 g/mol. The Morgan fingerprint density at radius 1 is 1.25 bits per heavy atom. The van der Waals surface area contributed by atoms with Gasteiger partial charge in [-0.15, -0.1) is 0 Å². The lowest BCUT2D eigenvalue weighted by atomic mass is 10.0. The first-order valence-electron chi connectivity index (χ1n) is 6.13. The molecular weight excluding hydrogens is 268 g/mol. The highest BCUT2D eigenvalue weighted by Gasteiger charge is 2.60. The second-order valence-corrected chi connectivity index (χ2v) is 6.04. The van der Waals surface area contributed by atoms with Gasteiger partial charge in [0, 0.05) is 6.42 Å². The largest absolute Gasteiger partial charge is 0.465 e. The van der Waals surface area contributed by atoms with Crippen LogP contribution in [0.25, 0.3) is 0 Å². The average molecular weight is 284 g/mol. The maximum atomic E-state index is 12.3. The molecule has 0 aromatic rings. The van der Waals surface area contributed by atoms with E-state index in [-0.39, 0.29) is 6.42 Å². The predicted molar refractivity (Wildman–Crippen MR) is 64.8 cm³/mol. The smallest absolute Gasteiger partial charge is 0.416 e. The number of nitrogens with zero attached hydrogens (tertiary/aromatic N) is 2. The average Bonchev–Trinajstić information content (AvgIpc) is 2.59. The highest BCUT2D eigenvalue weighted by atomic mass is 16.6. The van der Waals surface area contributed by atoms with Crippen molar-refractivity contribution in [1.29, 1.82) is 0 Å². The van der Waals surface area contributed by atoms with Crippen LogP contribution in [0.3, 0.4) is 0 Å². The SMILES string of the molecule is CC1(C)CC(N2C(=O)N(C(=O)O)C(C)(C)C2=O)C(=O)O1. The summed E-state index contributed by atoms with van der Waals surface area (Å²) in [5.41, 5.74) is -2.32. The van der Waals surface area contributed by atoms with E-state index >= 15 is 0 Å². The lowest BCUT2D eigenvalue weighted by Crippen LogP contribution is -2.47. The van der Waals surface area contributed by atoms with Crippen LogP contribution in [0.5, 0.6) is 0 Å². The molecule has 0 bridgehead atoms. The second-order valence-electron chi connectivity index (χ2n) is 6.04. The quantitative estimate of drug-likeness (QED) is 0.564. The van der Waals surface area contributed by atoms with E-state index in [4.69, 9.17) is 9.84 Å². The van der Waals surface area contributed by atoms with E-state index < -0.39 is 41.2 Å². The second kappa shape index (κ2) is 3.94. The highest BCUT2D eigenvalue weighted by Crippen LogP contribution is 2.36. The summed E-state index contributed by atoms with van der Waals surface area (Å²) >= 11 is 0. The lowest BCUT2D eigenvalue weighted by Gasteiger charge is -2.22. The minimum absolute atomic E-state index is 0.146. The standard InChI is InChI=1S/C12H16N2O6/c1-11(2)5-6(7(15)20-11)13-8(16)12(3,4)14(9(13)17)10(18)19/h6H,5H2,1-4H3,(H,18,19). The van der Waals surface area contributed by atoms with Crippen LogP contribution in [0.15, 0.2) is 0 Å². The molecule has 1 N–H and O–H groups in total. The van der Waals surface area contributed by atoms with E-state index in [1.54, 1.807) is 13.8 Å². The molecule has 2 aliphatic heterocycles. The molecule has 1 atom stereocenters. The number of carboxylic acid groups (broad SMARTS) is 1. The van der Waals surface area contributed by atoms with Crippen molar-refractivity contribution < 1.29 is 29.0 Å². The normalized spacial score (nSPS) is 28.0. The number of hydrogen-bond acceptors (Lipinski definition) is 5. The maximum Gasteiger partial charge on any atom is 0.416 e. The van der Waals surface area contributed by atoms with Gasteiger partial charge in [0.25, 0.3) is 5.91 Å². The van der Waals surface area contributed by atoms with Crippen molar-refractivity contribution in [2.24, 2.45) is 0 Å². The van der Waals surface area contributed by atoms with E-state index in [2.05, 4.69) is 0 Å². The zero-order valence-electron chi connectivity index (χ0n) is 11.7. The molecule has 0 saturated carbocycles. The van der Waals surface area contributed by atoms with Gasteiger partial charge in [0.1, 0.15) is 17.2 Å². The molecule has 0 aromatic carbocycles. The number of carbonyl (C=O) groups excluding carboxylic acids is 3. The molecule has 2 fully saturated rings. The Morgan fingerprint density at radius 3 is 2.15 bits per heavy atom. The fraction of sp³-hybridized carbons (Fsp3) is 0.667. The van der Waals surface area contributed by atoms with Crippen LogP contribution in [-0.4, -0.2) is 56.1 Å². The summed E-state index contributed by atoms with van der Waals surface area (Å²) in [6.07, 6.45) is -1.38. The minimum Gasteiger partial charge on any atom is -0.465 e. The molecule has 2 heterocycles. The van der Waals surface area contributed by atoms with Gasteiger partial charge in [0.15, 0.2) is 0 Å². The molecule has 1 unspecified atom stereocenters. The Hall–Kier alpha value is -2.12. The third-order valence-electron chi connectivity index (χ3n) is 3.54. The lowest BCUT2D eigenvalue weighted by molar-refractivity contribution is -0.151. The minimum atomic E-state index is -1.53. The molecule has 20 heavy (non-hydrogen) atoms. The molecule has 0 aromatic heterocycles. The molecule has 2 rings (SSSR count). The summed E-state index contributed by atoms with van der Waals surface area (Å²) in [6.45, 7) is 5.98. The Kier molecular flexibility index (Phi) is 2.81. The number of hydrogen-bond donors (Lipinski definition) is 1. The van der Waals surface area contributed by atoms with Crippen molar-refractivity contribution >= 4 is 24.0 Å². The number of cyclic esters (lactones) is 1. The number of urea groups is 1.